The second-order valence-corrected chi connectivity index (χ2v) is 9.49. The van der Waals surface area contributed by atoms with Gasteiger partial charge in [-0.1, -0.05) is 19.9 Å². The third-order valence-corrected chi connectivity index (χ3v) is 8.58. The normalized spacial score (nSPS) is 44.0. The van der Waals surface area contributed by atoms with Crippen LogP contribution in [0.25, 0.3) is 5.57 Å². The second kappa shape index (κ2) is 5.82. The smallest absolute Gasteiger partial charge is 0.137 e. The van der Waals surface area contributed by atoms with Crippen LogP contribution in [0.5, 0.6) is 5.75 Å². The van der Waals surface area contributed by atoms with E-state index < -0.39 is 0 Å². The second-order valence-electron chi connectivity index (χ2n) is 9.49. The maximum absolute atomic E-state index is 6.13. The summed E-state index contributed by atoms with van der Waals surface area (Å²) < 4.78 is 11.6. The van der Waals surface area contributed by atoms with E-state index in [4.69, 9.17) is 9.47 Å². The summed E-state index contributed by atoms with van der Waals surface area (Å²) in [6.45, 7) is 6.02. The van der Waals surface area contributed by atoms with Crippen LogP contribution in [0.4, 0.5) is 0 Å². The highest BCUT2D eigenvalue weighted by Gasteiger charge is 2.59. The third kappa shape index (κ3) is 2.19. The number of methoxy groups -OCH3 is 1. The molecule has 1 unspecified atom stereocenters. The molecule has 2 saturated carbocycles. The van der Waals surface area contributed by atoms with E-state index >= 15 is 0 Å². The number of hydrogen-bond donors (Lipinski definition) is 0. The number of allylic oxidation sites excluding steroid dienone is 2. The summed E-state index contributed by atoms with van der Waals surface area (Å²) in [7, 11) is 1.72. The minimum atomic E-state index is 0.290. The molecule has 3 fully saturated rings. The first kappa shape index (κ1) is 16.8. The summed E-state index contributed by atoms with van der Waals surface area (Å²) in [5, 5.41) is 0. The lowest BCUT2D eigenvalue weighted by molar-refractivity contribution is -0.0889. The topological polar surface area (TPSA) is 31.4 Å². The first-order valence-electron chi connectivity index (χ1n) is 10.4. The molecule has 0 amide bonds. The van der Waals surface area contributed by atoms with Gasteiger partial charge in [0.05, 0.1) is 19.4 Å². The van der Waals surface area contributed by atoms with Crippen molar-refractivity contribution in [1.82, 2.24) is 4.98 Å². The lowest BCUT2D eigenvalue weighted by Gasteiger charge is -2.56. The molecule has 5 rings (SSSR count). The van der Waals surface area contributed by atoms with Crippen LogP contribution in [0.2, 0.25) is 0 Å². The molecule has 2 heterocycles. The summed E-state index contributed by atoms with van der Waals surface area (Å²) in [5.41, 5.74) is 3.49. The molecule has 3 heteroatoms. The van der Waals surface area contributed by atoms with Gasteiger partial charge in [-0.2, -0.15) is 0 Å². The van der Waals surface area contributed by atoms with E-state index in [0.29, 0.717) is 11.5 Å². The van der Waals surface area contributed by atoms with Crippen LogP contribution in [0.3, 0.4) is 0 Å². The average molecular weight is 354 g/mol. The fraction of sp³-hybridized carbons (Fsp3) is 0.696. The van der Waals surface area contributed by atoms with Crippen LogP contribution < -0.4 is 4.74 Å². The fourth-order valence-electron chi connectivity index (χ4n) is 7.16. The Labute approximate surface area is 157 Å². The van der Waals surface area contributed by atoms with Crippen LogP contribution in [-0.4, -0.2) is 24.8 Å². The van der Waals surface area contributed by atoms with E-state index in [9.17, 15) is 0 Å². The quantitative estimate of drug-likeness (QED) is 0.740. The summed E-state index contributed by atoms with van der Waals surface area (Å²) in [5.74, 6) is 3.34. The molecule has 3 nitrogen and oxygen atoms in total. The van der Waals surface area contributed by atoms with Gasteiger partial charge in [0.1, 0.15) is 5.75 Å². The largest absolute Gasteiger partial charge is 0.495 e. The summed E-state index contributed by atoms with van der Waals surface area (Å²) in [6, 6.07) is 2.17. The van der Waals surface area contributed by atoms with Crippen molar-refractivity contribution in [2.24, 2.45) is 28.6 Å². The minimum Gasteiger partial charge on any atom is -0.495 e. The highest BCUT2D eigenvalue weighted by molar-refractivity contribution is 5.73. The molecule has 0 N–H and O–H groups in total. The minimum absolute atomic E-state index is 0.290. The van der Waals surface area contributed by atoms with Gasteiger partial charge < -0.3 is 9.47 Å². The number of pyridine rings is 1. The van der Waals surface area contributed by atoms with Crippen LogP contribution >= 0.6 is 0 Å². The molecule has 4 aliphatic rings. The van der Waals surface area contributed by atoms with Gasteiger partial charge in [0.25, 0.3) is 0 Å². The highest BCUT2D eigenvalue weighted by atomic mass is 16.5. The van der Waals surface area contributed by atoms with Crippen LogP contribution in [0.15, 0.2) is 24.5 Å². The first-order valence-corrected chi connectivity index (χ1v) is 10.4. The van der Waals surface area contributed by atoms with Gasteiger partial charge in [-0.25, -0.2) is 0 Å². The van der Waals surface area contributed by atoms with Crippen LogP contribution in [0.1, 0.15) is 57.9 Å². The molecule has 0 spiro atoms. The Balaban J connectivity index is 1.46. The molecule has 1 aromatic heterocycles. The molecule has 26 heavy (non-hydrogen) atoms. The summed E-state index contributed by atoms with van der Waals surface area (Å²) in [6.07, 6.45) is 14.6. The van der Waals surface area contributed by atoms with Crippen molar-refractivity contribution in [3.8, 4) is 5.75 Å². The van der Waals surface area contributed by atoms with Crippen LogP contribution in [0, 0.1) is 28.6 Å². The first-order chi connectivity index (χ1) is 12.6. The summed E-state index contributed by atoms with van der Waals surface area (Å²) in [4.78, 5) is 4.42. The standard InChI is InChI=1S/C23H31NO2/c1-22-9-8-20-17(4-7-21-23(20,2)10-11-26-21)19(22)6-5-18(22)15-12-16(25-3)14-24-13-15/h5,12-14,17,19-21H,4,6-11H2,1-3H3/t17-,19-,20-,21?,22+,23+/m0/s1. The predicted octanol–water partition coefficient (Wildman–Crippen LogP) is 5.12. The van der Waals surface area contributed by atoms with Gasteiger partial charge in [-0.3, -0.25) is 4.98 Å². The van der Waals surface area contributed by atoms with Crippen molar-refractivity contribution in [2.75, 3.05) is 13.7 Å². The number of nitrogens with zero attached hydrogens (tertiary/aromatic N) is 1. The highest BCUT2D eigenvalue weighted by Crippen LogP contribution is 2.66. The van der Waals surface area contributed by atoms with Gasteiger partial charge in [-0.05, 0) is 84.3 Å². The van der Waals surface area contributed by atoms with Gasteiger partial charge in [0, 0.05) is 12.8 Å². The van der Waals surface area contributed by atoms with Gasteiger partial charge in [0.15, 0.2) is 0 Å². The Morgan fingerprint density at radius 2 is 2.00 bits per heavy atom. The Kier molecular flexibility index (Phi) is 3.76. The number of rotatable bonds is 2. The molecule has 3 aliphatic carbocycles. The molecule has 0 bridgehead atoms. The number of ether oxygens (including phenoxy) is 2. The third-order valence-electron chi connectivity index (χ3n) is 8.58. The van der Waals surface area contributed by atoms with E-state index in [1.54, 1.807) is 13.3 Å². The van der Waals surface area contributed by atoms with Gasteiger partial charge >= 0.3 is 0 Å². The molecule has 140 valence electrons. The molecule has 0 aromatic carbocycles. The molecule has 0 radical (unpaired) electrons. The zero-order valence-electron chi connectivity index (χ0n) is 16.3. The molecule has 6 atom stereocenters. The zero-order chi connectivity index (χ0) is 17.9. The Hall–Kier alpha value is -1.35. The molecular formula is C23H31NO2. The van der Waals surface area contributed by atoms with Gasteiger partial charge in [0.2, 0.25) is 0 Å². The number of aromatic nitrogens is 1. The molecule has 1 saturated heterocycles. The van der Waals surface area contributed by atoms with E-state index in [2.05, 4.69) is 31.0 Å². The van der Waals surface area contributed by atoms with E-state index in [1.807, 2.05) is 6.20 Å². The lowest BCUT2D eigenvalue weighted by Crippen LogP contribution is -2.51. The van der Waals surface area contributed by atoms with Crippen molar-refractivity contribution >= 4 is 5.57 Å². The fourth-order valence-corrected chi connectivity index (χ4v) is 7.16. The maximum Gasteiger partial charge on any atom is 0.137 e. The number of fused-ring (bicyclic) bond motifs is 5. The van der Waals surface area contributed by atoms with E-state index in [-0.39, 0.29) is 5.41 Å². The monoisotopic (exact) mass is 353 g/mol. The van der Waals surface area contributed by atoms with E-state index in [1.165, 1.54) is 49.7 Å². The van der Waals surface area contributed by atoms with Crippen molar-refractivity contribution in [3.05, 3.63) is 30.1 Å². The predicted molar refractivity (Wildman–Crippen MR) is 103 cm³/mol. The Bertz CT molecular complexity index is 743. The molecular weight excluding hydrogens is 322 g/mol. The van der Waals surface area contributed by atoms with Crippen LogP contribution in [-0.2, 0) is 4.74 Å². The van der Waals surface area contributed by atoms with Crippen molar-refractivity contribution in [1.29, 1.82) is 0 Å². The van der Waals surface area contributed by atoms with Crippen molar-refractivity contribution < 1.29 is 9.47 Å². The molecule has 1 aliphatic heterocycles. The number of hydrogen-bond acceptors (Lipinski definition) is 3. The van der Waals surface area contributed by atoms with Gasteiger partial charge in [-0.15, -0.1) is 0 Å². The SMILES string of the molecule is COc1cncc(C2=CC[C@H]3[C@@H]4CCC5OCC[C@]5(C)[C@H]4CC[C@]23C)c1. The van der Waals surface area contributed by atoms with Crippen molar-refractivity contribution in [3.63, 3.8) is 0 Å². The Morgan fingerprint density at radius 1 is 1.12 bits per heavy atom. The Morgan fingerprint density at radius 3 is 2.85 bits per heavy atom. The maximum atomic E-state index is 6.13. The zero-order valence-corrected chi connectivity index (χ0v) is 16.3. The lowest BCUT2D eigenvalue weighted by atomic mass is 9.48. The van der Waals surface area contributed by atoms with Crippen molar-refractivity contribution in [2.45, 2.75) is 58.5 Å². The van der Waals surface area contributed by atoms with E-state index in [0.717, 1.165) is 30.1 Å². The summed E-state index contributed by atoms with van der Waals surface area (Å²) >= 11 is 0. The average Bonchev–Trinajstić information content (AvgIpc) is 3.21. The molecule has 1 aromatic rings.